The molecule has 3 rings (SSSR count). The highest BCUT2D eigenvalue weighted by Crippen LogP contribution is 2.28. The van der Waals surface area contributed by atoms with Crippen molar-refractivity contribution in [1.82, 2.24) is 9.78 Å². The highest BCUT2D eigenvalue weighted by molar-refractivity contribution is 7.98. The molecule has 0 saturated carbocycles. The summed E-state index contributed by atoms with van der Waals surface area (Å²) in [6, 6.07) is 6.55. The van der Waals surface area contributed by atoms with Crippen LogP contribution in [-0.2, 0) is 12.8 Å². The summed E-state index contributed by atoms with van der Waals surface area (Å²) in [5, 5.41) is 8.29. The maximum Gasteiger partial charge on any atom is 0.133 e. The Morgan fingerprint density at radius 2 is 2.10 bits per heavy atom. The molecule has 1 aliphatic rings. The van der Waals surface area contributed by atoms with Gasteiger partial charge in [0.2, 0.25) is 0 Å². The minimum atomic E-state index is -0.215. The first-order valence-corrected chi connectivity index (χ1v) is 8.78. The van der Waals surface area contributed by atoms with Crippen molar-refractivity contribution in [2.24, 2.45) is 0 Å². The molecule has 112 valence electrons. The predicted octanol–water partition coefficient (Wildman–Crippen LogP) is 3.67. The summed E-state index contributed by atoms with van der Waals surface area (Å²) in [7, 11) is 0. The minimum absolute atomic E-state index is 0.215. The van der Waals surface area contributed by atoms with Gasteiger partial charge in [-0.1, -0.05) is 0 Å². The van der Waals surface area contributed by atoms with Crippen LogP contribution in [0.15, 0.2) is 24.3 Å². The number of thioether (sulfide) groups is 1. The summed E-state index contributed by atoms with van der Waals surface area (Å²) >= 11 is 1.84. The zero-order valence-electron chi connectivity index (χ0n) is 12.2. The van der Waals surface area contributed by atoms with Gasteiger partial charge in [0.25, 0.3) is 0 Å². The average molecular weight is 305 g/mol. The Labute approximate surface area is 128 Å². The van der Waals surface area contributed by atoms with Gasteiger partial charge in [-0.05, 0) is 55.5 Å². The van der Waals surface area contributed by atoms with Crippen LogP contribution in [0.4, 0.5) is 10.2 Å². The van der Waals surface area contributed by atoms with Gasteiger partial charge >= 0.3 is 0 Å². The SMILES string of the molecule is CSCCc1nn(-c2ccc(F)cc2)c2c1CCCCN2. The Morgan fingerprint density at radius 3 is 2.86 bits per heavy atom. The first kappa shape index (κ1) is 14.4. The molecule has 2 aromatic rings. The molecule has 5 heteroatoms. The Hall–Kier alpha value is -1.49. The number of nitrogens with zero attached hydrogens (tertiary/aromatic N) is 2. The molecule has 0 amide bonds. The van der Waals surface area contributed by atoms with Crippen LogP contribution in [0.3, 0.4) is 0 Å². The number of aryl methyl sites for hydroxylation is 1. The lowest BCUT2D eigenvalue weighted by Gasteiger charge is -2.09. The van der Waals surface area contributed by atoms with Gasteiger partial charge in [-0.25, -0.2) is 9.07 Å². The van der Waals surface area contributed by atoms with Crippen LogP contribution < -0.4 is 5.32 Å². The van der Waals surface area contributed by atoms with Gasteiger partial charge in [0.05, 0.1) is 11.4 Å². The van der Waals surface area contributed by atoms with E-state index in [4.69, 9.17) is 5.10 Å². The van der Waals surface area contributed by atoms with Crippen LogP contribution in [0.5, 0.6) is 0 Å². The Morgan fingerprint density at radius 1 is 1.29 bits per heavy atom. The van der Waals surface area contributed by atoms with Crippen molar-refractivity contribution in [3.63, 3.8) is 0 Å². The third-order valence-electron chi connectivity index (χ3n) is 3.83. The summed E-state index contributed by atoms with van der Waals surface area (Å²) in [5.74, 6) is 1.95. The monoisotopic (exact) mass is 305 g/mol. The largest absolute Gasteiger partial charge is 0.370 e. The van der Waals surface area contributed by atoms with E-state index in [0.717, 1.165) is 36.6 Å². The molecule has 0 saturated heterocycles. The normalized spacial score (nSPS) is 14.4. The van der Waals surface area contributed by atoms with Crippen molar-refractivity contribution >= 4 is 17.6 Å². The standard InChI is InChI=1S/C16H20FN3S/c1-21-11-9-15-14-4-2-3-10-18-16(14)20(19-15)13-7-5-12(17)6-8-13/h5-8,18H,2-4,9-11H2,1H3. The number of hydrogen-bond donors (Lipinski definition) is 1. The van der Waals surface area contributed by atoms with Crippen molar-refractivity contribution in [3.05, 3.63) is 41.3 Å². The van der Waals surface area contributed by atoms with Crippen molar-refractivity contribution in [2.45, 2.75) is 25.7 Å². The van der Waals surface area contributed by atoms with E-state index >= 15 is 0 Å². The topological polar surface area (TPSA) is 29.9 Å². The molecule has 0 spiro atoms. The first-order chi connectivity index (χ1) is 10.3. The van der Waals surface area contributed by atoms with Crippen LogP contribution in [0, 0.1) is 5.82 Å². The summed E-state index contributed by atoms with van der Waals surface area (Å²) in [5.41, 5.74) is 3.43. The van der Waals surface area contributed by atoms with E-state index in [-0.39, 0.29) is 5.82 Å². The molecule has 0 bridgehead atoms. The van der Waals surface area contributed by atoms with Gasteiger partial charge in [0, 0.05) is 18.5 Å². The Kier molecular flexibility index (Phi) is 4.48. The van der Waals surface area contributed by atoms with E-state index in [0.29, 0.717) is 0 Å². The molecular weight excluding hydrogens is 285 g/mol. The van der Waals surface area contributed by atoms with Crippen LogP contribution in [0.25, 0.3) is 5.69 Å². The third kappa shape index (κ3) is 3.07. The number of rotatable bonds is 4. The van der Waals surface area contributed by atoms with Crippen LogP contribution in [-0.4, -0.2) is 28.3 Å². The van der Waals surface area contributed by atoms with Crippen molar-refractivity contribution < 1.29 is 4.39 Å². The summed E-state index contributed by atoms with van der Waals surface area (Å²) in [4.78, 5) is 0. The molecule has 1 aliphatic heterocycles. The first-order valence-electron chi connectivity index (χ1n) is 7.39. The van der Waals surface area contributed by atoms with E-state index in [9.17, 15) is 4.39 Å². The van der Waals surface area contributed by atoms with Crippen molar-refractivity contribution in [1.29, 1.82) is 0 Å². The minimum Gasteiger partial charge on any atom is -0.370 e. The van der Waals surface area contributed by atoms with Gasteiger partial charge in [-0.15, -0.1) is 0 Å². The molecule has 0 aliphatic carbocycles. The fourth-order valence-corrected chi connectivity index (χ4v) is 3.14. The van der Waals surface area contributed by atoms with E-state index in [1.807, 2.05) is 16.4 Å². The van der Waals surface area contributed by atoms with E-state index in [2.05, 4.69) is 11.6 Å². The fraction of sp³-hybridized carbons (Fsp3) is 0.438. The van der Waals surface area contributed by atoms with E-state index < -0.39 is 0 Å². The highest BCUT2D eigenvalue weighted by atomic mass is 32.2. The average Bonchev–Trinajstić information content (AvgIpc) is 2.68. The molecule has 0 fully saturated rings. The summed E-state index contributed by atoms with van der Waals surface area (Å²) < 4.78 is 15.1. The van der Waals surface area contributed by atoms with E-state index in [1.54, 1.807) is 12.1 Å². The third-order valence-corrected chi connectivity index (χ3v) is 4.44. The molecule has 2 heterocycles. The highest BCUT2D eigenvalue weighted by Gasteiger charge is 2.20. The van der Waals surface area contributed by atoms with Crippen LogP contribution >= 0.6 is 11.8 Å². The van der Waals surface area contributed by atoms with Crippen molar-refractivity contribution in [3.8, 4) is 5.69 Å². The van der Waals surface area contributed by atoms with Crippen LogP contribution in [0.2, 0.25) is 0 Å². The molecule has 21 heavy (non-hydrogen) atoms. The second kappa shape index (κ2) is 6.52. The maximum absolute atomic E-state index is 13.1. The number of aromatic nitrogens is 2. The summed E-state index contributed by atoms with van der Waals surface area (Å²) in [6.07, 6.45) is 6.56. The number of benzene rings is 1. The zero-order chi connectivity index (χ0) is 14.7. The molecule has 1 aromatic carbocycles. The summed E-state index contributed by atoms with van der Waals surface area (Å²) in [6.45, 7) is 0.974. The molecule has 0 unspecified atom stereocenters. The Bertz CT molecular complexity index is 607. The number of hydrogen-bond acceptors (Lipinski definition) is 3. The van der Waals surface area contributed by atoms with Gasteiger partial charge in [0.15, 0.2) is 0 Å². The molecule has 0 atom stereocenters. The smallest absolute Gasteiger partial charge is 0.133 e. The number of nitrogens with one attached hydrogen (secondary N) is 1. The van der Waals surface area contributed by atoms with Gasteiger partial charge in [-0.3, -0.25) is 0 Å². The number of anilines is 1. The molecule has 1 aromatic heterocycles. The van der Waals surface area contributed by atoms with Crippen molar-refractivity contribution in [2.75, 3.05) is 23.9 Å². The molecule has 3 nitrogen and oxygen atoms in total. The second-order valence-electron chi connectivity index (χ2n) is 5.29. The Balaban J connectivity index is 2.02. The number of fused-ring (bicyclic) bond motifs is 1. The lowest BCUT2D eigenvalue weighted by molar-refractivity contribution is 0.627. The van der Waals surface area contributed by atoms with Gasteiger partial charge < -0.3 is 5.32 Å². The quantitative estimate of drug-likeness (QED) is 0.935. The lowest BCUT2D eigenvalue weighted by atomic mass is 10.1. The second-order valence-corrected chi connectivity index (χ2v) is 6.27. The van der Waals surface area contributed by atoms with Gasteiger partial charge in [-0.2, -0.15) is 16.9 Å². The van der Waals surface area contributed by atoms with E-state index in [1.165, 1.54) is 36.2 Å². The molecule has 1 N–H and O–H groups in total. The zero-order valence-corrected chi connectivity index (χ0v) is 13.0. The maximum atomic E-state index is 13.1. The van der Waals surface area contributed by atoms with Crippen LogP contribution in [0.1, 0.15) is 24.1 Å². The molecular formula is C16H20FN3S. The fourth-order valence-electron chi connectivity index (χ4n) is 2.74. The predicted molar refractivity (Wildman–Crippen MR) is 87.0 cm³/mol. The number of halogens is 1. The molecule has 0 radical (unpaired) electrons. The van der Waals surface area contributed by atoms with Gasteiger partial charge in [0.1, 0.15) is 11.6 Å². The lowest BCUT2D eigenvalue weighted by Crippen LogP contribution is -2.07.